The summed E-state index contributed by atoms with van der Waals surface area (Å²) in [4.78, 5) is 12.4. The summed E-state index contributed by atoms with van der Waals surface area (Å²) in [5.41, 5.74) is 3.05. The fourth-order valence-electron chi connectivity index (χ4n) is 2.73. The highest BCUT2D eigenvalue weighted by Gasteiger charge is 2.24. The molecule has 11 heteroatoms. The number of anilines is 1. The number of benzene rings is 2. The van der Waals surface area contributed by atoms with Gasteiger partial charge in [-0.15, -0.1) is 0 Å². The molecule has 0 radical (unpaired) electrons. The van der Waals surface area contributed by atoms with E-state index in [9.17, 15) is 13.2 Å². The van der Waals surface area contributed by atoms with Crippen molar-refractivity contribution in [2.75, 3.05) is 45.5 Å². The van der Waals surface area contributed by atoms with Crippen LogP contribution in [0.5, 0.6) is 23.0 Å². The second kappa shape index (κ2) is 10.5. The lowest BCUT2D eigenvalue weighted by Gasteiger charge is -2.23. The molecule has 0 spiro atoms. The van der Waals surface area contributed by atoms with Gasteiger partial charge < -0.3 is 18.9 Å². The average Bonchev–Trinajstić information content (AvgIpc) is 2.75. The first-order valence-electron chi connectivity index (χ1n) is 8.97. The van der Waals surface area contributed by atoms with Gasteiger partial charge in [-0.25, -0.2) is 13.8 Å². The Morgan fingerprint density at radius 1 is 1.03 bits per heavy atom. The minimum atomic E-state index is -3.82. The Kier molecular flexibility index (Phi) is 8.08. The predicted molar refractivity (Wildman–Crippen MR) is 117 cm³/mol. The molecule has 0 aromatic heterocycles. The first kappa shape index (κ1) is 23.8. The van der Waals surface area contributed by atoms with E-state index in [1.807, 2.05) is 0 Å². The number of amides is 1. The Bertz CT molecular complexity index is 1050. The van der Waals surface area contributed by atoms with Gasteiger partial charge in [0.1, 0.15) is 18.0 Å². The third-order valence-corrected chi connectivity index (χ3v) is 5.30. The number of nitrogens with zero attached hydrogens (tertiary/aromatic N) is 2. The molecule has 0 aliphatic carbocycles. The molecule has 0 saturated heterocycles. The third-order valence-electron chi connectivity index (χ3n) is 4.17. The second-order valence-corrected chi connectivity index (χ2v) is 8.09. The van der Waals surface area contributed by atoms with Crippen molar-refractivity contribution in [2.45, 2.75) is 0 Å². The van der Waals surface area contributed by atoms with Gasteiger partial charge in [0.15, 0.2) is 11.5 Å². The molecule has 0 aliphatic heterocycles. The summed E-state index contributed by atoms with van der Waals surface area (Å²) in [6.45, 7) is -0.519. The zero-order valence-electron chi connectivity index (χ0n) is 17.9. The molecule has 0 atom stereocenters. The molecule has 10 nitrogen and oxygen atoms in total. The number of sulfonamides is 1. The van der Waals surface area contributed by atoms with E-state index in [4.69, 9.17) is 18.9 Å². The van der Waals surface area contributed by atoms with Crippen LogP contribution < -0.4 is 28.7 Å². The van der Waals surface area contributed by atoms with Gasteiger partial charge >= 0.3 is 0 Å². The standard InChI is InChI=1S/C20H25N3O7S/c1-27-15-9-10-17(28-2)16(11-15)23(31(5,25)26)13-19(24)22-21-12-14-7-6-8-18(29-3)20(14)30-4/h6-12H,13H2,1-5H3,(H,22,24)/b21-12-. The van der Waals surface area contributed by atoms with Crippen LogP contribution in [0.4, 0.5) is 5.69 Å². The van der Waals surface area contributed by atoms with E-state index in [0.29, 0.717) is 22.8 Å². The number of carbonyl (C=O) groups is 1. The Hall–Kier alpha value is -3.47. The second-order valence-electron chi connectivity index (χ2n) is 6.18. The van der Waals surface area contributed by atoms with Crippen molar-refractivity contribution < 1.29 is 32.2 Å². The first-order chi connectivity index (χ1) is 14.7. The average molecular weight is 452 g/mol. The summed E-state index contributed by atoms with van der Waals surface area (Å²) in [5, 5.41) is 3.89. The summed E-state index contributed by atoms with van der Waals surface area (Å²) in [6.07, 6.45) is 2.36. The molecule has 0 fully saturated rings. The number of ether oxygens (including phenoxy) is 4. The lowest BCUT2D eigenvalue weighted by atomic mass is 10.2. The maximum Gasteiger partial charge on any atom is 0.260 e. The number of hydrogen-bond donors (Lipinski definition) is 1. The summed E-state index contributed by atoms with van der Waals surface area (Å²) in [5.74, 6) is 0.970. The molecule has 0 heterocycles. The van der Waals surface area contributed by atoms with E-state index in [0.717, 1.165) is 10.6 Å². The monoisotopic (exact) mass is 451 g/mol. The summed E-state index contributed by atoms with van der Waals surface area (Å²) in [7, 11) is 2.02. The number of hydrogen-bond acceptors (Lipinski definition) is 8. The van der Waals surface area contributed by atoms with Crippen LogP contribution in [0.3, 0.4) is 0 Å². The molecular formula is C20H25N3O7S. The van der Waals surface area contributed by atoms with Crippen LogP contribution in [0, 0.1) is 0 Å². The van der Waals surface area contributed by atoms with Gasteiger partial charge in [0.25, 0.3) is 5.91 Å². The van der Waals surface area contributed by atoms with Crippen molar-refractivity contribution in [2.24, 2.45) is 5.10 Å². The van der Waals surface area contributed by atoms with E-state index in [-0.39, 0.29) is 11.4 Å². The van der Waals surface area contributed by atoms with E-state index in [1.165, 1.54) is 40.7 Å². The van der Waals surface area contributed by atoms with Crippen LogP contribution in [-0.2, 0) is 14.8 Å². The number of hydrazone groups is 1. The zero-order chi connectivity index (χ0) is 23.0. The predicted octanol–water partition coefficient (Wildman–Crippen LogP) is 1.64. The van der Waals surface area contributed by atoms with Crippen LogP contribution >= 0.6 is 0 Å². The van der Waals surface area contributed by atoms with E-state index in [1.54, 1.807) is 30.3 Å². The van der Waals surface area contributed by atoms with Gasteiger partial charge in [-0.1, -0.05) is 6.07 Å². The van der Waals surface area contributed by atoms with Crippen molar-refractivity contribution in [3.63, 3.8) is 0 Å². The molecule has 1 amide bonds. The van der Waals surface area contributed by atoms with Gasteiger partial charge in [-0.2, -0.15) is 5.10 Å². The maximum absolute atomic E-state index is 12.4. The lowest BCUT2D eigenvalue weighted by Crippen LogP contribution is -2.39. The third kappa shape index (κ3) is 6.01. The van der Waals surface area contributed by atoms with E-state index in [2.05, 4.69) is 10.5 Å². The first-order valence-corrected chi connectivity index (χ1v) is 10.8. The summed E-state index contributed by atoms with van der Waals surface area (Å²) >= 11 is 0. The fraction of sp³-hybridized carbons (Fsp3) is 0.300. The smallest absolute Gasteiger partial charge is 0.260 e. The zero-order valence-corrected chi connectivity index (χ0v) is 18.7. The molecule has 1 N–H and O–H groups in total. The van der Waals surface area contributed by atoms with Crippen molar-refractivity contribution in [3.8, 4) is 23.0 Å². The summed E-state index contributed by atoms with van der Waals surface area (Å²) in [6, 6.07) is 9.83. The van der Waals surface area contributed by atoms with Crippen LogP contribution in [0.1, 0.15) is 5.56 Å². The highest BCUT2D eigenvalue weighted by atomic mass is 32.2. The lowest BCUT2D eigenvalue weighted by molar-refractivity contribution is -0.119. The van der Waals surface area contributed by atoms with Crippen LogP contribution in [0.25, 0.3) is 0 Å². The van der Waals surface area contributed by atoms with Crippen molar-refractivity contribution in [1.29, 1.82) is 0 Å². The largest absolute Gasteiger partial charge is 0.497 e. The molecule has 0 bridgehead atoms. The van der Waals surface area contributed by atoms with Crippen LogP contribution in [-0.4, -0.2) is 61.8 Å². The highest BCUT2D eigenvalue weighted by molar-refractivity contribution is 7.92. The van der Waals surface area contributed by atoms with Crippen molar-refractivity contribution in [1.82, 2.24) is 5.43 Å². The number of carbonyl (C=O) groups excluding carboxylic acids is 1. The fourth-order valence-corrected chi connectivity index (χ4v) is 3.58. The molecule has 0 saturated carbocycles. The number of rotatable bonds is 10. The van der Waals surface area contributed by atoms with Crippen LogP contribution in [0.2, 0.25) is 0 Å². The molecule has 2 aromatic carbocycles. The number of para-hydroxylation sites is 1. The molecule has 2 aromatic rings. The molecule has 168 valence electrons. The van der Waals surface area contributed by atoms with Gasteiger partial charge in [0.2, 0.25) is 10.0 Å². The maximum atomic E-state index is 12.4. The number of nitrogens with one attached hydrogen (secondary N) is 1. The summed E-state index contributed by atoms with van der Waals surface area (Å²) < 4.78 is 46.5. The Morgan fingerprint density at radius 2 is 1.74 bits per heavy atom. The van der Waals surface area contributed by atoms with Crippen molar-refractivity contribution >= 4 is 27.8 Å². The van der Waals surface area contributed by atoms with Crippen molar-refractivity contribution in [3.05, 3.63) is 42.0 Å². The minimum absolute atomic E-state index is 0.165. The number of methoxy groups -OCH3 is 4. The van der Waals surface area contributed by atoms with Gasteiger partial charge in [-0.3, -0.25) is 9.10 Å². The normalized spacial score (nSPS) is 11.1. The Labute approximate surface area is 181 Å². The van der Waals surface area contributed by atoms with Gasteiger partial charge in [0.05, 0.1) is 46.6 Å². The molecule has 31 heavy (non-hydrogen) atoms. The van der Waals surface area contributed by atoms with E-state index >= 15 is 0 Å². The molecule has 0 aliphatic rings. The van der Waals surface area contributed by atoms with Crippen LogP contribution in [0.15, 0.2) is 41.5 Å². The topological polar surface area (TPSA) is 116 Å². The Balaban J connectivity index is 2.23. The van der Waals surface area contributed by atoms with E-state index < -0.39 is 22.5 Å². The Morgan fingerprint density at radius 3 is 2.32 bits per heavy atom. The SMILES string of the molecule is COc1ccc(OC)c(N(CC(=O)N/N=C\c2cccc(OC)c2OC)S(C)(=O)=O)c1. The molecule has 0 unspecified atom stereocenters. The minimum Gasteiger partial charge on any atom is -0.497 e. The highest BCUT2D eigenvalue weighted by Crippen LogP contribution is 2.33. The quantitative estimate of drug-likeness (QED) is 0.431. The van der Waals surface area contributed by atoms with Gasteiger partial charge in [-0.05, 0) is 24.3 Å². The molecular weight excluding hydrogens is 426 g/mol. The molecule has 2 rings (SSSR count). The van der Waals surface area contributed by atoms with Gasteiger partial charge in [0, 0.05) is 11.6 Å².